The number of rotatable bonds is 33. The molecule has 2 unspecified atom stereocenters. The molecule has 0 rings (SSSR count). The van der Waals surface area contributed by atoms with Gasteiger partial charge in [-0.15, -0.1) is 0 Å². The summed E-state index contributed by atoms with van der Waals surface area (Å²) in [4.78, 5) is 10.0. The van der Waals surface area contributed by atoms with Crippen molar-refractivity contribution in [3.63, 3.8) is 0 Å². The minimum atomic E-state index is -4.94. The Morgan fingerprint density at radius 1 is 0.773 bits per heavy atom. The fourth-order valence-electron chi connectivity index (χ4n) is 4.73. The lowest BCUT2D eigenvalue weighted by Crippen LogP contribution is -2.49. The van der Waals surface area contributed by atoms with Crippen LogP contribution in [0.2, 0.25) is 0 Å². The first-order valence-electron chi connectivity index (χ1n) is 17.3. The van der Waals surface area contributed by atoms with Gasteiger partial charge in [-0.25, -0.2) is 4.57 Å². The summed E-state index contributed by atoms with van der Waals surface area (Å²) in [6, 6.07) is 0. The van der Waals surface area contributed by atoms with E-state index in [1.807, 2.05) is 0 Å². The molecule has 11 nitrogen and oxygen atoms in total. The molecule has 0 saturated carbocycles. The van der Waals surface area contributed by atoms with Crippen LogP contribution in [0.3, 0.4) is 0 Å². The zero-order valence-corrected chi connectivity index (χ0v) is 28.2. The van der Waals surface area contributed by atoms with Crippen LogP contribution in [0.25, 0.3) is 0 Å². The van der Waals surface area contributed by atoms with Gasteiger partial charge < -0.3 is 39.9 Å². The van der Waals surface area contributed by atoms with Gasteiger partial charge in [-0.1, -0.05) is 103 Å². The normalized spacial score (nSPS) is 18.0. The number of hydrogen-bond acceptors (Lipinski definition) is 10. The van der Waals surface area contributed by atoms with Gasteiger partial charge in [-0.05, 0) is 32.1 Å². The highest BCUT2D eigenvalue weighted by atomic mass is 31.2. The number of aliphatic hydroxyl groups is 5. The van der Waals surface area contributed by atoms with Crippen LogP contribution in [0.1, 0.15) is 124 Å². The smallest absolute Gasteiger partial charge is 0.394 e. The number of aliphatic hydroxyl groups excluding tert-OH is 5. The summed E-state index contributed by atoms with van der Waals surface area (Å²) in [5, 5.41) is 48.0. The van der Waals surface area contributed by atoms with Crippen LogP contribution in [0, 0.1) is 0 Å². The Hall–Kier alpha value is -0.430. The zero-order chi connectivity index (χ0) is 33.8. The molecule has 0 aliphatic rings. The number of ether oxygens (including phenoxy) is 2. The lowest BCUT2D eigenvalue weighted by Gasteiger charge is -2.32. The molecule has 0 aromatic carbocycles. The minimum Gasteiger partial charge on any atom is -0.394 e. The van der Waals surface area contributed by atoms with E-state index in [2.05, 4.69) is 23.6 Å². The van der Waals surface area contributed by atoms with Gasteiger partial charge in [0.25, 0.3) is 0 Å². The molecule has 7 atom stereocenters. The fraction of sp³-hybridized carbons (Fsp3) is 0.938. The first-order valence-corrected chi connectivity index (χ1v) is 18.3. The topological polar surface area (TPSA) is 175 Å². The van der Waals surface area contributed by atoms with E-state index in [1.165, 1.54) is 90.6 Å². The van der Waals surface area contributed by atoms with Crippen LogP contribution in [0.15, 0.2) is 12.2 Å². The molecular weight excluding hydrogens is 591 g/mol. The van der Waals surface area contributed by atoms with Gasteiger partial charge in [-0.2, -0.15) is 0 Å². The third-order valence-electron chi connectivity index (χ3n) is 7.51. The molecule has 0 bridgehead atoms. The maximum atomic E-state index is 12.4. The lowest BCUT2D eigenvalue weighted by atomic mass is 10.0. The standard InChI is InChI=1S/C32H65O11P/c1-3-4-5-6-7-8-9-10-11-12-13-14-15-16-17-18-19-20-21-22-23-41-27-30(40-2)32(31(37)29(36)25-34)43-44(38,39)42-26-28(35)24-33/h13-14,28-37H,3-12,15-27H2,1-2H3,(H,38,39)/b14-13-/t28-,29-,30-,31-,32-/m1/s1/i24D/t24?,28-,29-,30-,31-,32-. The monoisotopic (exact) mass is 657 g/mol. The highest BCUT2D eigenvalue weighted by Crippen LogP contribution is 2.46. The van der Waals surface area contributed by atoms with Gasteiger partial charge in [0.05, 0.1) is 27.8 Å². The number of unbranched alkanes of at least 4 members (excludes halogenated alkanes) is 16. The van der Waals surface area contributed by atoms with E-state index in [4.69, 9.17) is 20.5 Å². The van der Waals surface area contributed by atoms with Crippen LogP contribution in [-0.4, -0.2) is 101 Å². The van der Waals surface area contributed by atoms with E-state index in [1.54, 1.807) is 0 Å². The largest absolute Gasteiger partial charge is 0.472 e. The summed E-state index contributed by atoms with van der Waals surface area (Å²) < 4.78 is 39.9. The molecule has 264 valence electrons. The Balaban J connectivity index is 4.09. The summed E-state index contributed by atoms with van der Waals surface area (Å²) in [6.07, 6.45) is 18.9. The Morgan fingerprint density at radius 2 is 1.27 bits per heavy atom. The van der Waals surface area contributed by atoms with E-state index in [0.29, 0.717) is 6.61 Å². The number of phosphoric ester groups is 1. The highest BCUT2D eigenvalue weighted by molar-refractivity contribution is 7.47. The first-order chi connectivity index (χ1) is 21.6. The van der Waals surface area contributed by atoms with E-state index in [9.17, 15) is 29.9 Å². The predicted octanol–water partition coefficient (Wildman–Crippen LogP) is 5.19. The van der Waals surface area contributed by atoms with Crippen molar-refractivity contribution in [1.29, 1.82) is 0 Å². The second-order valence-electron chi connectivity index (χ2n) is 11.5. The van der Waals surface area contributed by atoms with Crippen LogP contribution >= 0.6 is 7.82 Å². The number of methoxy groups -OCH3 is 1. The molecule has 12 heteroatoms. The summed E-state index contributed by atoms with van der Waals surface area (Å²) in [6.45, 7) is -1.21. The molecule has 0 heterocycles. The van der Waals surface area contributed by atoms with Crippen molar-refractivity contribution in [1.82, 2.24) is 0 Å². The van der Waals surface area contributed by atoms with Gasteiger partial charge >= 0.3 is 7.82 Å². The van der Waals surface area contributed by atoms with Gasteiger partial charge in [0.2, 0.25) is 0 Å². The molecule has 0 saturated heterocycles. The average Bonchev–Trinajstić information content (AvgIpc) is 3.02. The van der Waals surface area contributed by atoms with Crippen molar-refractivity contribution in [3.05, 3.63) is 12.2 Å². The Kier molecular flexibility index (Phi) is 28.3. The van der Waals surface area contributed by atoms with Crippen LogP contribution < -0.4 is 0 Å². The maximum Gasteiger partial charge on any atom is 0.472 e. The van der Waals surface area contributed by atoms with Crippen molar-refractivity contribution in [2.24, 2.45) is 0 Å². The van der Waals surface area contributed by atoms with Gasteiger partial charge in [0.1, 0.15) is 30.5 Å². The van der Waals surface area contributed by atoms with E-state index in [-0.39, 0.29) is 6.61 Å². The molecule has 0 aliphatic carbocycles. The molecule has 0 radical (unpaired) electrons. The Morgan fingerprint density at radius 3 is 1.75 bits per heavy atom. The molecule has 0 aromatic rings. The van der Waals surface area contributed by atoms with E-state index in [0.717, 1.165) is 32.1 Å². The van der Waals surface area contributed by atoms with Gasteiger partial charge in [0.15, 0.2) is 0 Å². The molecule has 6 N–H and O–H groups in total. The SMILES string of the molecule is [2H]C(O)[C@@H](O)COP(=O)(O)O[C@@H]([C@H](O)[C@H](O)CO)[C@@H](COCCCCCCCCC/C=C\CCCCCCCCCCC)OC. The second-order valence-corrected chi connectivity index (χ2v) is 12.9. The zero-order valence-electron chi connectivity index (χ0n) is 28.3. The Labute approximate surface area is 268 Å². The minimum absolute atomic E-state index is 0.142. The molecule has 0 spiro atoms. The van der Waals surface area contributed by atoms with E-state index >= 15 is 0 Å². The predicted molar refractivity (Wildman–Crippen MR) is 172 cm³/mol. The first kappa shape index (κ1) is 41.6. The molecule has 0 amide bonds. The van der Waals surface area contributed by atoms with Crippen LogP contribution in [-0.2, 0) is 23.1 Å². The van der Waals surface area contributed by atoms with Crippen LogP contribution in [0.4, 0.5) is 0 Å². The summed E-state index contributed by atoms with van der Waals surface area (Å²) in [5.41, 5.74) is 0. The third-order valence-corrected chi connectivity index (χ3v) is 8.49. The molecule has 0 aliphatic heterocycles. The molecule has 44 heavy (non-hydrogen) atoms. The number of hydrogen-bond donors (Lipinski definition) is 6. The van der Waals surface area contributed by atoms with Crippen molar-refractivity contribution in [2.45, 2.75) is 153 Å². The van der Waals surface area contributed by atoms with Crippen molar-refractivity contribution in [2.75, 3.05) is 40.1 Å². The summed E-state index contributed by atoms with van der Waals surface area (Å²) >= 11 is 0. The molecular formula is C32H65O11P. The Bertz CT molecular complexity index is 731. The quantitative estimate of drug-likeness (QED) is 0.0311. The number of phosphoric acid groups is 1. The maximum absolute atomic E-state index is 12.4. The van der Waals surface area contributed by atoms with E-state index < -0.39 is 58.1 Å². The fourth-order valence-corrected chi connectivity index (χ4v) is 5.70. The summed E-state index contributed by atoms with van der Waals surface area (Å²) in [5.74, 6) is 0. The van der Waals surface area contributed by atoms with Crippen LogP contribution in [0.5, 0.6) is 0 Å². The van der Waals surface area contributed by atoms with Gasteiger partial charge in [0, 0.05) is 13.7 Å². The highest BCUT2D eigenvalue weighted by Gasteiger charge is 2.40. The van der Waals surface area contributed by atoms with Crippen molar-refractivity contribution < 1.29 is 54.9 Å². The average molecular weight is 658 g/mol. The third kappa shape index (κ3) is 24.8. The molecule has 0 aromatic heterocycles. The molecule has 0 fully saturated rings. The van der Waals surface area contributed by atoms with Crippen molar-refractivity contribution >= 4 is 7.82 Å². The second kappa shape index (κ2) is 29.9. The van der Waals surface area contributed by atoms with Crippen molar-refractivity contribution in [3.8, 4) is 0 Å². The summed E-state index contributed by atoms with van der Waals surface area (Å²) in [7, 11) is -3.68. The number of allylic oxidation sites excluding steroid dienone is 2. The lowest BCUT2D eigenvalue weighted by molar-refractivity contribution is -0.136. The van der Waals surface area contributed by atoms with Gasteiger partial charge in [-0.3, -0.25) is 9.05 Å².